The Balaban J connectivity index is 1.72. The maximum atomic E-state index is 5.89. The number of aromatic nitrogens is 1. The zero-order valence-electron chi connectivity index (χ0n) is 13.5. The number of aryl methyl sites for hydroxylation is 1. The summed E-state index contributed by atoms with van der Waals surface area (Å²) in [4.78, 5) is 2.65. The van der Waals surface area contributed by atoms with Gasteiger partial charge in [-0.15, -0.1) is 0 Å². The quantitative estimate of drug-likeness (QED) is 0.782. The molecule has 1 fully saturated rings. The molecule has 2 nitrogen and oxygen atoms in total. The van der Waals surface area contributed by atoms with Crippen molar-refractivity contribution in [1.82, 2.24) is 9.47 Å². The molecule has 1 aromatic carbocycles. The Labute approximate surface area is 129 Å². The summed E-state index contributed by atoms with van der Waals surface area (Å²) in [7, 11) is 8.05. The van der Waals surface area contributed by atoms with Crippen molar-refractivity contribution in [2.45, 2.75) is 39.2 Å². The van der Waals surface area contributed by atoms with E-state index >= 15 is 0 Å². The van der Waals surface area contributed by atoms with Crippen molar-refractivity contribution in [3.63, 3.8) is 0 Å². The molecule has 1 unspecified atom stereocenters. The van der Waals surface area contributed by atoms with E-state index in [0.717, 1.165) is 30.4 Å². The van der Waals surface area contributed by atoms with Gasteiger partial charge in [-0.25, -0.2) is 0 Å². The number of nitrogens with zero attached hydrogens (tertiary/aromatic N) is 2. The molecule has 3 heteroatoms. The molecule has 1 saturated heterocycles. The fourth-order valence-corrected chi connectivity index (χ4v) is 3.75. The number of likely N-dealkylation sites (tertiary alicyclic amines) is 1. The van der Waals surface area contributed by atoms with Gasteiger partial charge in [0.2, 0.25) is 0 Å². The maximum Gasteiger partial charge on any atom is 0.113 e. The lowest BCUT2D eigenvalue weighted by Gasteiger charge is -2.21. The van der Waals surface area contributed by atoms with Gasteiger partial charge in [-0.1, -0.05) is 30.9 Å². The molecule has 0 saturated carbocycles. The minimum atomic E-state index is 0.736. The van der Waals surface area contributed by atoms with Crippen LogP contribution < -0.4 is 5.46 Å². The van der Waals surface area contributed by atoms with E-state index in [1.165, 1.54) is 36.0 Å². The molecule has 2 heterocycles. The predicted octanol–water partition coefficient (Wildman–Crippen LogP) is 2.64. The second kappa shape index (κ2) is 5.88. The highest BCUT2D eigenvalue weighted by atomic mass is 15.2. The summed E-state index contributed by atoms with van der Waals surface area (Å²) in [5, 5.41) is 1.26. The first-order valence-electron chi connectivity index (χ1n) is 8.16. The van der Waals surface area contributed by atoms with E-state index in [0.29, 0.717) is 0 Å². The molecule has 0 N–H and O–H groups in total. The Morgan fingerprint density at radius 3 is 2.81 bits per heavy atom. The van der Waals surface area contributed by atoms with Crippen molar-refractivity contribution in [2.24, 2.45) is 13.0 Å². The van der Waals surface area contributed by atoms with E-state index < -0.39 is 0 Å². The van der Waals surface area contributed by atoms with Gasteiger partial charge >= 0.3 is 0 Å². The van der Waals surface area contributed by atoms with Crippen molar-refractivity contribution >= 4 is 24.2 Å². The summed E-state index contributed by atoms with van der Waals surface area (Å²) in [5.41, 5.74) is 3.53. The van der Waals surface area contributed by atoms with E-state index in [1.807, 2.05) is 6.07 Å². The molecule has 2 aromatic rings. The first-order valence-corrected chi connectivity index (χ1v) is 8.16. The number of hydrogen-bond donors (Lipinski definition) is 0. The van der Waals surface area contributed by atoms with Crippen molar-refractivity contribution in [1.29, 1.82) is 0 Å². The highest BCUT2D eigenvalue weighted by molar-refractivity contribution is 6.33. The highest BCUT2D eigenvalue weighted by Crippen LogP contribution is 2.26. The van der Waals surface area contributed by atoms with Crippen molar-refractivity contribution in [3.8, 4) is 0 Å². The zero-order chi connectivity index (χ0) is 15.0. The monoisotopic (exact) mass is 280 g/mol. The second-order valence-corrected chi connectivity index (χ2v) is 6.62. The highest BCUT2D eigenvalue weighted by Gasteiger charge is 2.27. The van der Waals surface area contributed by atoms with Crippen LogP contribution in [-0.4, -0.2) is 36.4 Å². The van der Waals surface area contributed by atoms with E-state index in [4.69, 9.17) is 7.85 Å². The van der Waals surface area contributed by atoms with Crippen LogP contribution >= 0.6 is 0 Å². The molecule has 110 valence electrons. The van der Waals surface area contributed by atoms with Crippen LogP contribution in [0.4, 0.5) is 0 Å². The molecule has 2 radical (unpaired) electrons. The Morgan fingerprint density at radius 1 is 1.29 bits per heavy atom. The Morgan fingerprint density at radius 2 is 2.10 bits per heavy atom. The van der Waals surface area contributed by atoms with Gasteiger partial charge in [0.15, 0.2) is 0 Å². The van der Waals surface area contributed by atoms with Gasteiger partial charge in [0.25, 0.3) is 0 Å². The molecule has 0 aliphatic carbocycles. The van der Waals surface area contributed by atoms with Gasteiger partial charge in [0.1, 0.15) is 7.85 Å². The minimum Gasteiger partial charge on any atom is -0.348 e. The van der Waals surface area contributed by atoms with E-state index in [2.05, 4.69) is 48.6 Å². The molecule has 21 heavy (non-hydrogen) atoms. The normalized spacial score (nSPS) is 23.2. The van der Waals surface area contributed by atoms with Crippen LogP contribution in [0.3, 0.4) is 0 Å². The van der Waals surface area contributed by atoms with Gasteiger partial charge in [-0.3, -0.25) is 4.90 Å². The Hall–Kier alpha value is -1.22. The Kier molecular flexibility index (Phi) is 4.12. The molecule has 0 bridgehead atoms. The van der Waals surface area contributed by atoms with Crippen LogP contribution in [-0.2, 0) is 13.5 Å². The topological polar surface area (TPSA) is 8.17 Å². The average molecular weight is 280 g/mol. The van der Waals surface area contributed by atoms with Crippen LogP contribution in [0.15, 0.2) is 24.3 Å². The van der Waals surface area contributed by atoms with Crippen molar-refractivity contribution in [3.05, 3.63) is 30.0 Å². The molecule has 0 amide bonds. The standard InChI is InChI=1S/C18H25BN2/c1-4-14-9-13(2)21(12-14)8-7-17-11-15-10-16(19)5-6-18(15)20(17)3/h5-6,10-11,13-14H,4,7-9,12H2,1-3H3/t13-,14?/m1/s1. The molecule has 1 aliphatic heterocycles. The maximum absolute atomic E-state index is 5.89. The zero-order valence-corrected chi connectivity index (χ0v) is 13.5. The summed E-state index contributed by atoms with van der Waals surface area (Å²) < 4.78 is 2.31. The third kappa shape index (κ3) is 2.89. The summed E-state index contributed by atoms with van der Waals surface area (Å²) in [6.07, 6.45) is 3.79. The van der Waals surface area contributed by atoms with Crippen LogP contribution in [0.1, 0.15) is 32.4 Å². The summed E-state index contributed by atoms with van der Waals surface area (Å²) in [5.74, 6) is 0.896. The molecule has 1 aliphatic rings. The van der Waals surface area contributed by atoms with Gasteiger partial charge < -0.3 is 4.57 Å². The van der Waals surface area contributed by atoms with Gasteiger partial charge in [0, 0.05) is 43.8 Å². The molecule has 0 spiro atoms. The smallest absolute Gasteiger partial charge is 0.113 e. The number of fused-ring (bicyclic) bond motifs is 1. The second-order valence-electron chi connectivity index (χ2n) is 6.62. The van der Waals surface area contributed by atoms with Crippen molar-refractivity contribution < 1.29 is 0 Å². The van der Waals surface area contributed by atoms with Crippen LogP contribution in [0.25, 0.3) is 10.9 Å². The fraction of sp³-hybridized carbons (Fsp3) is 0.556. The van der Waals surface area contributed by atoms with Crippen LogP contribution in [0.5, 0.6) is 0 Å². The number of benzene rings is 1. The largest absolute Gasteiger partial charge is 0.348 e. The molecule has 1 aromatic heterocycles. The number of hydrogen-bond acceptors (Lipinski definition) is 1. The van der Waals surface area contributed by atoms with E-state index in [-0.39, 0.29) is 0 Å². The van der Waals surface area contributed by atoms with Crippen LogP contribution in [0.2, 0.25) is 0 Å². The van der Waals surface area contributed by atoms with Gasteiger partial charge in [0.05, 0.1) is 0 Å². The summed E-state index contributed by atoms with van der Waals surface area (Å²) in [6.45, 7) is 7.12. The third-order valence-corrected chi connectivity index (χ3v) is 5.19. The van der Waals surface area contributed by atoms with Gasteiger partial charge in [-0.2, -0.15) is 0 Å². The predicted molar refractivity (Wildman–Crippen MR) is 91.4 cm³/mol. The van der Waals surface area contributed by atoms with E-state index in [1.54, 1.807) is 0 Å². The van der Waals surface area contributed by atoms with E-state index in [9.17, 15) is 0 Å². The fourth-order valence-electron chi connectivity index (χ4n) is 3.75. The van der Waals surface area contributed by atoms with Crippen LogP contribution in [0, 0.1) is 5.92 Å². The van der Waals surface area contributed by atoms with Crippen molar-refractivity contribution in [2.75, 3.05) is 13.1 Å². The first kappa shape index (κ1) is 14.7. The first-order chi connectivity index (χ1) is 10.1. The summed E-state index contributed by atoms with van der Waals surface area (Å²) >= 11 is 0. The molecule has 2 atom stereocenters. The minimum absolute atomic E-state index is 0.736. The molecule has 3 rings (SSSR count). The lowest BCUT2D eigenvalue weighted by molar-refractivity contribution is 0.265. The summed E-state index contributed by atoms with van der Waals surface area (Å²) in [6, 6.07) is 9.22. The molecular weight excluding hydrogens is 255 g/mol. The average Bonchev–Trinajstić information content (AvgIpc) is 2.97. The van der Waals surface area contributed by atoms with Gasteiger partial charge in [-0.05, 0) is 36.8 Å². The lowest BCUT2D eigenvalue weighted by Crippen LogP contribution is -2.29. The number of rotatable bonds is 4. The lowest BCUT2D eigenvalue weighted by atomic mass is 9.95. The molecular formula is C18H25BN2. The Bertz CT molecular complexity index is 631. The third-order valence-electron chi connectivity index (χ3n) is 5.19. The SMILES string of the molecule is [B]c1ccc2c(c1)cc(CCN1CC(CC)C[C@H]1C)n2C.